The van der Waals surface area contributed by atoms with Crippen molar-refractivity contribution in [1.29, 1.82) is 0 Å². The molecule has 1 aliphatic heterocycles. The quantitative estimate of drug-likeness (QED) is 0.681. The van der Waals surface area contributed by atoms with Crippen LogP contribution >= 0.6 is 0 Å². The van der Waals surface area contributed by atoms with Crippen molar-refractivity contribution in [3.8, 4) is 0 Å². The van der Waals surface area contributed by atoms with Gasteiger partial charge in [-0.05, 0) is 33.3 Å². The molecule has 1 atom stereocenters. The summed E-state index contributed by atoms with van der Waals surface area (Å²) in [5.74, 6) is 0. The van der Waals surface area contributed by atoms with Gasteiger partial charge in [0.05, 0.1) is 43.2 Å². The van der Waals surface area contributed by atoms with E-state index in [-0.39, 0.29) is 11.1 Å². The molecule has 0 saturated carbocycles. The van der Waals surface area contributed by atoms with Crippen molar-refractivity contribution in [1.82, 2.24) is 0 Å². The van der Waals surface area contributed by atoms with Crippen molar-refractivity contribution in [3.05, 3.63) is 35.9 Å². The van der Waals surface area contributed by atoms with E-state index in [4.69, 9.17) is 4.74 Å². The van der Waals surface area contributed by atoms with Gasteiger partial charge in [-0.25, -0.2) is 0 Å². The van der Waals surface area contributed by atoms with E-state index in [0.717, 1.165) is 5.56 Å². The van der Waals surface area contributed by atoms with Gasteiger partial charge in [-0.1, -0.05) is 30.3 Å². The highest BCUT2D eigenvalue weighted by atomic mass is 16.5. The highest BCUT2D eigenvalue weighted by molar-refractivity contribution is 5.13. The van der Waals surface area contributed by atoms with E-state index in [0.29, 0.717) is 25.8 Å². The molecule has 1 fully saturated rings. The maximum atomic E-state index is 10.2. The van der Waals surface area contributed by atoms with Gasteiger partial charge in [0.2, 0.25) is 0 Å². The second-order valence-corrected chi connectivity index (χ2v) is 8.42. The Labute approximate surface area is 140 Å². The summed E-state index contributed by atoms with van der Waals surface area (Å²) in [6.07, 6.45) is 1.94. The summed E-state index contributed by atoms with van der Waals surface area (Å²) in [6, 6.07) is 10.7. The first-order valence-corrected chi connectivity index (χ1v) is 8.76. The summed E-state index contributed by atoms with van der Waals surface area (Å²) >= 11 is 0. The number of nitrogens with two attached hydrogens (primary N) is 2. The van der Waals surface area contributed by atoms with Crippen LogP contribution in [0.25, 0.3) is 0 Å². The third-order valence-corrected chi connectivity index (χ3v) is 4.52. The topological polar surface area (TPSA) is 62.7 Å². The number of aliphatic hydroxyl groups is 1. The Balaban J connectivity index is 1.68. The predicted octanol–water partition coefficient (Wildman–Crippen LogP) is 0.411. The molecule has 0 unspecified atom stereocenters. The van der Waals surface area contributed by atoms with Crippen LogP contribution in [0.2, 0.25) is 0 Å². The van der Waals surface area contributed by atoms with Gasteiger partial charge in [0, 0.05) is 0 Å². The van der Waals surface area contributed by atoms with Crippen molar-refractivity contribution in [2.75, 3.05) is 13.2 Å². The first-order valence-electron chi connectivity index (χ1n) is 8.76. The van der Waals surface area contributed by atoms with Crippen LogP contribution in [0, 0.1) is 0 Å². The lowest BCUT2D eigenvalue weighted by Gasteiger charge is -2.41. The zero-order chi connectivity index (χ0) is 16.9. The largest absolute Gasteiger partial charge is 0.385 e. The number of piperidine rings is 1. The Morgan fingerprint density at radius 3 is 2.39 bits per heavy atom. The van der Waals surface area contributed by atoms with Gasteiger partial charge in [-0.15, -0.1) is 0 Å². The minimum Gasteiger partial charge on any atom is -0.385 e. The SMILES string of the molecule is CC1(C)CC([NH2+]C[C@@H](O)COCc2ccccc2)CC(C)(C)[NH2+]1. The maximum absolute atomic E-state index is 10.2. The van der Waals surface area contributed by atoms with Crippen LogP contribution in [0.3, 0.4) is 0 Å². The fourth-order valence-electron chi connectivity index (χ4n) is 4.07. The highest BCUT2D eigenvalue weighted by Crippen LogP contribution is 2.19. The first-order chi connectivity index (χ1) is 10.8. The molecule has 1 aromatic carbocycles. The van der Waals surface area contributed by atoms with Gasteiger partial charge in [-0.2, -0.15) is 0 Å². The molecule has 1 aromatic rings. The van der Waals surface area contributed by atoms with E-state index in [1.807, 2.05) is 30.3 Å². The van der Waals surface area contributed by atoms with Crippen LogP contribution in [0.1, 0.15) is 46.1 Å². The van der Waals surface area contributed by atoms with E-state index < -0.39 is 6.10 Å². The third kappa shape index (κ3) is 6.60. The van der Waals surface area contributed by atoms with Gasteiger partial charge in [0.1, 0.15) is 12.6 Å². The standard InChI is InChI=1S/C19H32N2O2/c1-18(2)10-16(11-19(3,4)21-18)20-12-17(22)14-23-13-15-8-6-5-7-9-15/h5-9,16-17,20-22H,10-14H2,1-4H3/p+2/t17-/m1/s1. The molecule has 4 nitrogen and oxygen atoms in total. The van der Waals surface area contributed by atoms with Crippen molar-refractivity contribution < 1.29 is 20.5 Å². The number of rotatable bonds is 7. The van der Waals surface area contributed by atoms with Crippen LogP contribution in [-0.2, 0) is 11.3 Å². The van der Waals surface area contributed by atoms with Crippen molar-refractivity contribution in [2.45, 2.75) is 70.4 Å². The predicted molar refractivity (Wildman–Crippen MR) is 92.0 cm³/mol. The molecule has 4 heteroatoms. The van der Waals surface area contributed by atoms with Gasteiger partial charge in [0.15, 0.2) is 0 Å². The lowest BCUT2D eigenvalue weighted by atomic mass is 9.79. The van der Waals surface area contributed by atoms with Crippen LogP contribution in [0.4, 0.5) is 0 Å². The van der Waals surface area contributed by atoms with Gasteiger partial charge >= 0.3 is 0 Å². The monoisotopic (exact) mass is 322 g/mol. The molecule has 1 saturated heterocycles. The van der Waals surface area contributed by atoms with Crippen molar-refractivity contribution in [2.24, 2.45) is 0 Å². The molecule has 1 aliphatic rings. The molecule has 2 rings (SSSR count). The molecule has 0 bridgehead atoms. The minimum atomic E-state index is -0.407. The molecule has 0 amide bonds. The minimum absolute atomic E-state index is 0.275. The molecule has 5 N–H and O–H groups in total. The number of benzene rings is 1. The summed E-state index contributed by atoms with van der Waals surface area (Å²) in [6.45, 7) is 10.9. The molecule has 23 heavy (non-hydrogen) atoms. The molecule has 0 aromatic heterocycles. The normalized spacial score (nSPS) is 22.0. The summed E-state index contributed by atoms with van der Waals surface area (Å²) in [5.41, 5.74) is 1.70. The Hall–Kier alpha value is -0.940. The van der Waals surface area contributed by atoms with E-state index in [1.54, 1.807) is 0 Å². The third-order valence-electron chi connectivity index (χ3n) is 4.52. The second kappa shape index (κ2) is 7.75. The van der Waals surface area contributed by atoms with Gasteiger partial charge in [-0.3, -0.25) is 0 Å². The van der Waals surface area contributed by atoms with Crippen LogP contribution in [0.5, 0.6) is 0 Å². The smallest absolute Gasteiger partial charge is 0.126 e. The number of quaternary nitrogens is 2. The fraction of sp³-hybridized carbons (Fsp3) is 0.684. The fourth-order valence-corrected chi connectivity index (χ4v) is 4.07. The summed E-state index contributed by atoms with van der Waals surface area (Å²) in [5, 5.41) is 15.0. The lowest BCUT2D eigenvalue weighted by Crippen LogP contribution is -3.09. The van der Waals surface area contributed by atoms with E-state index >= 15 is 0 Å². The molecule has 0 radical (unpaired) electrons. The summed E-state index contributed by atoms with van der Waals surface area (Å²) in [4.78, 5) is 0. The molecular formula is C19H34N2O2+2. The van der Waals surface area contributed by atoms with Crippen molar-refractivity contribution >= 4 is 0 Å². The Morgan fingerprint density at radius 1 is 1.17 bits per heavy atom. The number of ether oxygens (including phenoxy) is 1. The number of aliphatic hydroxyl groups excluding tert-OH is 1. The van der Waals surface area contributed by atoms with Gasteiger partial charge < -0.3 is 20.5 Å². The second-order valence-electron chi connectivity index (χ2n) is 8.42. The number of hydrogen-bond donors (Lipinski definition) is 3. The Bertz CT molecular complexity index is 458. The van der Waals surface area contributed by atoms with Crippen LogP contribution in [0.15, 0.2) is 30.3 Å². The van der Waals surface area contributed by atoms with Crippen LogP contribution < -0.4 is 10.6 Å². The lowest BCUT2D eigenvalue weighted by molar-refractivity contribution is -0.814. The van der Waals surface area contributed by atoms with E-state index in [1.165, 1.54) is 12.8 Å². The molecular weight excluding hydrogens is 288 g/mol. The zero-order valence-corrected chi connectivity index (χ0v) is 15.1. The molecule has 1 heterocycles. The molecule has 130 valence electrons. The Kier molecular flexibility index (Phi) is 6.20. The number of hydrogen-bond acceptors (Lipinski definition) is 2. The van der Waals surface area contributed by atoms with Crippen LogP contribution in [-0.4, -0.2) is 41.5 Å². The summed E-state index contributed by atoms with van der Waals surface area (Å²) < 4.78 is 5.63. The zero-order valence-electron chi connectivity index (χ0n) is 15.1. The van der Waals surface area contributed by atoms with Crippen molar-refractivity contribution in [3.63, 3.8) is 0 Å². The highest BCUT2D eigenvalue weighted by Gasteiger charge is 2.43. The average Bonchev–Trinajstić information content (AvgIpc) is 2.43. The summed E-state index contributed by atoms with van der Waals surface area (Å²) in [7, 11) is 0. The van der Waals surface area contributed by atoms with Gasteiger partial charge in [0.25, 0.3) is 0 Å². The Morgan fingerprint density at radius 2 is 1.78 bits per heavy atom. The first kappa shape index (κ1) is 18.4. The maximum Gasteiger partial charge on any atom is 0.126 e. The molecule has 0 spiro atoms. The van der Waals surface area contributed by atoms with E-state index in [9.17, 15) is 5.11 Å². The average molecular weight is 322 g/mol. The van der Waals surface area contributed by atoms with E-state index in [2.05, 4.69) is 38.3 Å². The molecule has 0 aliphatic carbocycles.